The van der Waals surface area contributed by atoms with Gasteiger partial charge in [0.25, 0.3) is 0 Å². The number of hydrogen-bond donors (Lipinski definition) is 3. The molecule has 9 aliphatic rings. The lowest BCUT2D eigenvalue weighted by molar-refractivity contribution is -0.202. The maximum absolute atomic E-state index is 14.8. The smallest absolute Gasteiger partial charge is 0.312 e. The first-order valence-corrected chi connectivity index (χ1v) is 23.6. The van der Waals surface area contributed by atoms with Gasteiger partial charge in [0.15, 0.2) is 18.2 Å². The molecule has 8 nitrogen and oxygen atoms in total. The van der Waals surface area contributed by atoms with Gasteiger partial charge in [0.1, 0.15) is 5.60 Å². The Morgan fingerprint density at radius 3 is 2.20 bits per heavy atom. The molecule has 0 aromatic rings. The Morgan fingerprint density at radius 2 is 1.47 bits per heavy atom. The van der Waals surface area contributed by atoms with Crippen LogP contribution in [0, 0.1) is 78.8 Å². The zero-order chi connectivity index (χ0) is 42.7. The van der Waals surface area contributed by atoms with Crippen molar-refractivity contribution in [2.45, 2.75) is 183 Å². The summed E-state index contributed by atoms with van der Waals surface area (Å²) in [4.78, 5) is 55.8. The average molecular weight is 815 g/mol. The zero-order valence-corrected chi connectivity index (χ0v) is 37.7. The van der Waals surface area contributed by atoms with Gasteiger partial charge in [-0.15, -0.1) is 0 Å². The van der Waals surface area contributed by atoms with E-state index < -0.39 is 40.9 Å². The SMILES string of the molecule is CC1(C)C2CC[C@]3(C)C(C(=O)C=C4[C@H]5C[C@@](C)(C(=O)OCC(=O)[C@@]6(O)CC[C@H]7[C@@H]8CCC9=CC(=O)CC[C@]9(C)[C@H]8[C@H](O)C[C@@]76C)CC[C@]5(C)CC[C@]43C)[C@@]2(C)CC[C@@H]1O. The lowest BCUT2D eigenvalue weighted by Crippen LogP contribution is -2.66. The summed E-state index contributed by atoms with van der Waals surface area (Å²) in [5.74, 6) is -0.115. The summed E-state index contributed by atoms with van der Waals surface area (Å²) in [6.07, 6.45) is 14.5. The second-order valence-electron chi connectivity index (χ2n) is 24.6. The number of aliphatic hydroxyl groups is 3. The molecular weight excluding hydrogens is 741 g/mol. The molecule has 9 rings (SSSR count). The normalized spacial score (nSPS) is 53.5. The molecule has 0 aliphatic heterocycles. The number of ketones is 3. The summed E-state index contributed by atoms with van der Waals surface area (Å²) in [6, 6.07) is 0. The van der Waals surface area contributed by atoms with Crippen molar-refractivity contribution in [3.63, 3.8) is 0 Å². The van der Waals surface area contributed by atoms with Crippen molar-refractivity contribution in [3.8, 4) is 0 Å². The van der Waals surface area contributed by atoms with E-state index >= 15 is 0 Å². The van der Waals surface area contributed by atoms with Crippen LogP contribution < -0.4 is 0 Å². The zero-order valence-electron chi connectivity index (χ0n) is 37.7. The fourth-order valence-corrected chi connectivity index (χ4v) is 17.9. The van der Waals surface area contributed by atoms with E-state index in [0.29, 0.717) is 32.1 Å². The van der Waals surface area contributed by atoms with Crippen LogP contribution in [0.3, 0.4) is 0 Å². The topological polar surface area (TPSA) is 138 Å². The van der Waals surface area contributed by atoms with Gasteiger partial charge in [0.2, 0.25) is 5.78 Å². The molecule has 0 radical (unpaired) electrons. The van der Waals surface area contributed by atoms with Crippen LogP contribution in [0.4, 0.5) is 0 Å². The van der Waals surface area contributed by atoms with E-state index in [1.807, 2.05) is 26.0 Å². The molecule has 7 fully saturated rings. The molecule has 0 aromatic heterocycles. The molecule has 3 N–H and O–H groups in total. The third-order valence-corrected chi connectivity index (χ3v) is 21.9. The van der Waals surface area contributed by atoms with E-state index in [4.69, 9.17) is 4.74 Å². The van der Waals surface area contributed by atoms with Crippen molar-refractivity contribution in [1.82, 2.24) is 0 Å². The molecule has 0 amide bonds. The highest BCUT2D eigenvalue weighted by Crippen LogP contribution is 2.75. The van der Waals surface area contributed by atoms with Crippen LogP contribution in [-0.4, -0.2) is 63.1 Å². The maximum Gasteiger partial charge on any atom is 0.312 e. The van der Waals surface area contributed by atoms with Crippen LogP contribution in [-0.2, 0) is 23.9 Å². The van der Waals surface area contributed by atoms with Crippen molar-refractivity contribution < 1.29 is 39.2 Å². The number of allylic oxidation sites excluding steroid dienone is 3. The van der Waals surface area contributed by atoms with E-state index in [1.54, 1.807) is 0 Å². The monoisotopic (exact) mass is 815 g/mol. The lowest BCUT2D eigenvalue weighted by atomic mass is 9.33. The van der Waals surface area contributed by atoms with Gasteiger partial charge >= 0.3 is 5.97 Å². The van der Waals surface area contributed by atoms with Gasteiger partial charge < -0.3 is 20.1 Å². The molecule has 59 heavy (non-hydrogen) atoms. The number of aliphatic hydroxyl groups excluding tert-OH is 2. The van der Waals surface area contributed by atoms with Crippen molar-refractivity contribution in [1.29, 1.82) is 0 Å². The van der Waals surface area contributed by atoms with Gasteiger partial charge in [-0.1, -0.05) is 66.5 Å². The third kappa shape index (κ3) is 5.36. The molecule has 0 spiro atoms. The minimum absolute atomic E-state index is 0.0165. The predicted octanol–water partition coefficient (Wildman–Crippen LogP) is 8.67. The third-order valence-electron chi connectivity index (χ3n) is 21.9. The summed E-state index contributed by atoms with van der Waals surface area (Å²) in [7, 11) is 0. The highest BCUT2D eigenvalue weighted by molar-refractivity contribution is 5.96. The van der Waals surface area contributed by atoms with Gasteiger partial charge in [0, 0.05) is 17.8 Å². The molecule has 8 heteroatoms. The standard InChI is InChI=1S/C51H74O8/c1-43(2)37-14-18-49(8)41(47(37,6)17-15-38(43)55)35(53)25-33-34-26-45(4,21-20-44(34,3)22-23-48(33,49)7)42(57)59-28-39(56)51(58)19-13-32-31-11-10-29-24-30(52)12-16-46(29,5)40(31)36(54)27-50(32,51)9/h24-25,31-32,34,36-38,40-41,54-55,58H,10-23,26-28H2,1-9H3/t31-,32-,34+,36+,37?,38-,40+,41?,44+,45-,46-,47-,48+,49+,50-,51-/m0/s1. The Bertz CT molecular complexity index is 1930. The van der Waals surface area contributed by atoms with Gasteiger partial charge in [-0.3, -0.25) is 19.2 Å². The molecule has 9 aliphatic carbocycles. The van der Waals surface area contributed by atoms with E-state index in [2.05, 4.69) is 48.5 Å². The van der Waals surface area contributed by atoms with Crippen LogP contribution in [0.2, 0.25) is 0 Å². The highest BCUT2D eigenvalue weighted by atomic mass is 16.5. The second-order valence-corrected chi connectivity index (χ2v) is 24.6. The molecular formula is C51H74O8. The van der Waals surface area contributed by atoms with E-state index in [1.165, 1.54) is 5.57 Å². The Balaban J connectivity index is 0.930. The minimum atomic E-state index is -1.71. The van der Waals surface area contributed by atoms with Gasteiger partial charge in [-0.05, 0) is 177 Å². The first-order chi connectivity index (χ1) is 27.3. The Labute approximate surface area is 353 Å². The number of rotatable bonds is 4. The Morgan fingerprint density at radius 1 is 0.763 bits per heavy atom. The van der Waals surface area contributed by atoms with Crippen LogP contribution in [0.15, 0.2) is 23.3 Å². The molecule has 0 heterocycles. The summed E-state index contributed by atoms with van der Waals surface area (Å²) in [6.45, 7) is 19.6. The Kier molecular flexibility index (Phi) is 9.26. The molecule has 326 valence electrons. The van der Waals surface area contributed by atoms with Crippen molar-refractivity contribution in [3.05, 3.63) is 23.3 Å². The van der Waals surface area contributed by atoms with Crippen LogP contribution in [0.5, 0.6) is 0 Å². The molecule has 16 atom stereocenters. The summed E-state index contributed by atoms with van der Waals surface area (Å²) >= 11 is 0. The molecule has 0 saturated heterocycles. The molecule has 2 unspecified atom stereocenters. The van der Waals surface area contributed by atoms with Crippen molar-refractivity contribution in [2.24, 2.45) is 78.8 Å². The second kappa shape index (κ2) is 13.0. The summed E-state index contributed by atoms with van der Waals surface area (Å²) < 4.78 is 6.02. The van der Waals surface area contributed by atoms with Gasteiger partial charge in [0.05, 0.1) is 17.6 Å². The number of hydrogen-bond acceptors (Lipinski definition) is 8. The molecule has 0 bridgehead atoms. The number of fused-ring (bicyclic) bond motifs is 12. The number of carbonyl (C=O) groups excluding carboxylic acids is 4. The summed E-state index contributed by atoms with van der Waals surface area (Å²) in [5, 5.41) is 35.4. The number of carbonyl (C=O) groups is 4. The predicted molar refractivity (Wildman–Crippen MR) is 224 cm³/mol. The van der Waals surface area contributed by atoms with Crippen LogP contribution in [0.1, 0.15) is 165 Å². The van der Waals surface area contributed by atoms with Crippen LogP contribution >= 0.6 is 0 Å². The maximum atomic E-state index is 14.8. The van der Waals surface area contributed by atoms with Crippen LogP contribution in [0.25, 0.3) is 0 Å². The Hall–Kier alpha value is -2.16. The highest BCUT2D eigenvalue weighted by Gasteiger charge is 2.71. The van der Waals surface area contributed by atoms with Crippen molar-refractivity contribution >= 4 is 23.3 Å². The van der Waals surface area contributed by atoms with Gasteiger partial charge in [-0.2, -0.15) is 0 Å². The number of ether oxygens (including phenoxy) is 1. The van der Waals surface area contributed by atoms with Gasteiger partial charge in [-0.25, -0.2) is 0 Å². The largest absolute Gasteiger partial charge is 0.457 e. The quantitative estimate of drug-likeness (QED) is 0.240. The van der Waals surface area contributed by atoms with E-state index in [-0.39, 0.29) is 92.1 Å². The van der Waals surface area contributed by atoms with Crippen molar-refractivity contribution in [2.75, 3.05) is 6.61 Å². The minimum Gasteiger partial charge on any atom is -0.457 e. The fourth-order valence-electron chi connectivity index (χ4n) is 17.9. The van der Waals surface area contributed by atoms with E-state index in [0.717, 1.165) is 69.8 Å². The molecule has 7 saturated carbocycles. The number of Topliss-reactive ketones (excluding diaryl/α,β-unsaturated/α-hetero) is 1. The van der Waals surface area contributed by atoms with E-state index in [9.17, 15) is 34.5 Å². The fraction of sp³-hybridized carbons (Fsp3) is 0.843. The first kappa shape index (κ1) is 42.2. The average Bonchev–Trinajstić information content (AvgIpc) is 3.44. The lowest BCUT2D eigenvalue weighted by Gasteiger charge is -2.70. The number of esters is 1. The first-order valence-electron chi connectivity index (χ1n) is 23.6. The summed E-state index contributed by atoms with van der Waals surface area (Å²) in [5.41, 5.74) is -2.22. The molecule has 0 aromatic carbocycles.